The van der Waals surface area contributed by atoms with Gasteiger partial charge in [-0.2, -0.15) is 0 Å². The molecule has 2 aliphatic heterocycles. The number of fused-ring (bicyclic) bond motifs is 8. The minimum Gasteiger partial charge on any atom is -0.316 e. The molecule has 1 aliphatic carbocycles. The van der Waals surface area contributed by atoms with Crippen LogP contribution in [0.15, 0.2) is 146 Å². The van der Waals surface area contributed by atoms with Gasteiger partial charge in [-0.3, -0.25) is 0 Å². The summed E-state index contributed by atoms with van der Waals surface area (Å²) in [7, 11) is 0. The fourth-order valence-electron chi connectivity index (χ4n) is 7.30. The van der Waals surface area contributed by atoms with Crippen LogP contribution in [0, 0.1) is 0 Å². The first kappa shape index (κ1) is 25.1. The predicted molar refractivity (Wildman–Crippen MR) is 184 cm³/mol. The number of para-hydroxylation sites is 1. The maximum absolute atomic E-state index is 5.16. The van der Waals surface area contributed by atoms with E-state index in [-0.39, 0.29) is 5.41 Å². The predicted octanol–water partition coefficient (Wildman–Crippen LogP) is 10.9. The molecule has 0 bridgehead atoms. The third-order valence-corrected chi connectivity index (χ3v) is 9.62. The van der Waals surface area contributed by atoms with Crippen LogP contribution in [0.2, 0.25) is 0 Å². The summed E-state index contributed by atoms with van der Waals surface area (Å²) in [6.07, 6.45) is 2.29. The number of aromatic nitrogens is 2. The molecular formula is C42H30N2. The van der Waals surface area contributed by atoms with Gasteiger partial charge in [0.15, 0.2) is 0 Å². The van der Waals surface area contributed by atoms with Crippen LogP contribution in [0.1, 0.15) is 25.0 Å². The van der Waals surface area contributed by atoms with Crippen molar-refractivity contribution in [2.45, 2.75) is 19.3 Å². The highest BCUT2D eigenvalue weighted by Crippen LogP contribution is 2.49. The topological polar surface area (TPSA) is 17.8 Å². The number of hydrogen-bond acceptors (Lipinski definition) is 1. The minimum absolute atomic E-state index is 0.0595. The Bertz CT molecular complexity index is 2340. The first-order valence-electron chi connectivity index (χ1n) is 15.3. The smallest absolute Gasteiger partial charge is 0.0824 e. The molecule has 6 aromatic rings. The van der Waals surface area contributed by atoms with Gasteiger partial charge >= 0.3 is 0 Å². The van der Waals surface area contributed by atoms with Crippen LogP contribution in [-0.2, 0) is 5.41 Å². The van der Waals surface area contributed by atoms with Crippen molar-refractivity contribution in [2.75, 3.05) is 0 Å². The fraction of sp³-hybridized carbons (Fsp3) is 0.0714. The average molecular weight is 563 g/mol. The molecule has 3 aliphatic rings. The number of nitrogens with zero attached hydrogens (tertiary/aromatic N) is 2. The molecule has 0 radical (unpaired) electrons. The number of pyridine rings is 1. The molecule has 6 aromatic carbocycles. The van der Waals surface area contributed by atoms with Crippen molar-refractivity contribution in [1.82, 2.24) is 9.55 Å². The van der Waals surface area contributed by atoms with Crippen molar-refractivity contribution in [1.29, 1.82) is 0 Å². The first-order chi connectivity index (χ1) is 21.6. The lowest BCUT2D eigenvalue weighted by Crippen LogP contribution is -2.15. The largest absolute Gasteiger partial charge is 0.316 e. The summed E-state index contributed by atoms with van der Waals surface area (Å²) >= 11 is 0. The van der Waals surface area contributed by atoms with E-state index in [4.69, 9.17) is 4.98 Å². The lowest BCUT2D eigenvalue weighted by atomic mass is 9.82. The Balaban J connectivity index is 1.24. The molecule has 0 saturated carbocycles. The highest BCUT2D eigenvalue weighted by atomic mass is 15.0. The van der Waals surface area contributed by atoms with Gasteiger partial charge in [-0.1, -0.05) is 123 Å². The average Bonchev–Trinajstić information content (AvgIpc) is 3.57. The highest BCUT2D eigenvalue weighted by molar-refractivity contribution is 6.07. The Kier molecular flexibility index (Phi) is 5.28. The quantitative estimate of drug-likeness (QED) is 0.209. The molecule has 0 saturated heterocycles. The van der Waals surface area contributed by atoms with Gasteiger partial charge in [0.1, 0.15) is 0 Å². The Morgan fingerprint density at radius 3 is 2.00 bits per heavy atom. The number of benzene rings is 6. The first-order valence-corrected chi connectivity index (χ1v) is 15.3. The van der Waals surface area contributed by atoms with Gasteiger partial charge in [-0.15, -0.1) is 0 Å². The van der Waals surface area contributed by atoms with Gasteiger partial charge in [0.05, 0.1) is 16.7 Å². The molecule has 9 rings (SSSR count). The van der Waals surface area contributed by atoms with E-state index in [2.05, 4.69) is 164 Å². The summed E-state index contributed by atoms with van der Waals surface area (Å²) in [6, 6.07) is 50.6. The van der Waals surface area contributed by atoms with E-state index >= 15 is 0 Å². The van der Waals surface area contributed by atoms with E-state index in [0.29, 0.717) is 0 Å². The van der Waals surface area contributed by atoms with Crippen LogP contribution in [0.3, 0.4) is 0 Å². The lowest BCUT2D eigenvalue weighted by molar-refractivity contribution is 0.660. The number of rotatable bonds is 3. The van der Waals surface area contributed by atoms with Gasteiger partial charge < -0.3 is 4.57 Å². The summed E-state index contributed by atoms with van der Waals surface area (Å²) < 4.78 is 2.37. The number of hydrogen-bond donors (Lipinski definition) is 0. The van der Waals surface area contributed by atoms with Crippen LogP contribution in [0.25, 0.3) is 72.1 Å². The third-order valence-electron chi connectivity index (χ3n) is 9.62. The maximum atomic E-state index is 5.16. The summed E-state index contributed by atoms with van der Waals surface area (Å²) in [4.78, 5) is 5.16. The summed E-state index contributed by atoms with van der Waals surface area (Å²) in [5, 5.41) is 2.34. The highest BCUT2D eigenvalue weighted by Gasteiger charge is 2.35. The van der Waals surface area contributed by atoms with Crippen LogP contribution >= 0.6 is 0 Å². The fourth-order valence-corrected chi connectivity index (χ4v) is 7.30. The SMILES string of the molecule is CC1(C)c2ccccc2-c2ccc(-n3cc4c5ccccc5nc-4c4cc(-c5ccc(-c6ccccc6)cc5)ccc43)cc21. The molecule has 2 heteroatoms. The summed E-state index contributed by atoms with van der Waals surface area (Å²) in [6.45, 7) is 4.69. The molecular weight excluding hydrogens is 532 g/mol. The van der Waals surface area contributed by atoms with Gasteiger partial charge in [0, 0.05) is 33.6 Å². The molecule has 0 unspecified atom stereocenters. The minimum atomic E-state index is -0.0595. The second-order valence-corrected chi connectivity index (χ2v) is 12.5. The standard InChI is InChI=1S/C42H30N2/c1-42(2)37-14-8-6-12-32(37)33-22-21-31(25-38(33)42)44-26-36-34-13-7-9-15-39(34)43-41(36)35-24-30(20-23-40(35)44)29-18-16-28(17-19-29)27-10-4-3-5-11-27/h3-26H,1-2H3. The third kappa shape index (κ3) is 3.64. The van der Waals surface area contributed by atoms with E-state index in [1.54, 1.807) is 0 Å². The molecule has 0 atom stereocenters. The van der Waals surface area contributed by atoms with E-state index in [0.717, 1.165) is 22.1 Å². The van der Waals surface area contributed by atoms with Crippen molar-refractivity contribution in [2.24, 2.45) is 0 Å². The Morgan fingerprint density at radius 1 is 0.500 bits per heavy atom. The molecule has 0 fully saturated rings. The van der Waals surface area contributed by atoms with Gasteiger partial charge in [0.25, 0.3) is 0 Å². The second-order valence-electron chi connectivity index (χ2n) is 12.5. The monoisotopic (exact) mass is 562 g/mol. The molecule has 0 aromatic heterocycles. The zero-order valence-corrected chi connectivity index (χ0v) is 24.8. The van der Waals surface area contributed by atoms with Crippen molar-refractivity contribution < 1.29 is 0 Å². The van der Waals surface area contributed by atoms with Crippen LogP contribution in [0.5, 0.6) is 0 Å². The van der Waals surface area contributed by atoms with Crippen LogP contribution in [-0.4, -0.2) is 9.55 Å². The Hall–Kier alpha value is -5.47. The molecule has 0 amide bonds. The van der Waals surface area contributed by atoms with Gasteiger partial charge in [0.2, 0.25) is 0 Å². The van der Waals surface area contributed by atoms with Gasteiger partial charge in [-0.05, 0) is 74.8 Å². The second kappa shape index (κ2) is 9.26. The van der Waals surface area contributed by atoms with Gasteiger partial charge in [-0.25, -0.2) is 4.98 Å². The van der Waals surface area contributed by atoms with E-state index in [1.165, 1.54) is 61.1 Å². The summed E-state index contributed by atoms with van der Waals surface area (Å²) in [5.41, 5.74) is 15.8. The van der Waals surface area contributed by atoms with Crippen molar-refractivity contribution in [3.63, 3.8) is 0 Å². The lowest BCUT2D eigenvalue weighted by Gasteiger charge is -2.23. The Morgan fingerprint density at radius 2 is 1.16 bits per heavy atom. The maximum Gasteiger partial charge on any atom is 0.0824 e. The normalized spacial score (nSPS) is 13.4. The van der Waals surface area contributed by atoms with Crippen LogP contribution < -0.4 is 0 Å². The van der Waals surface area contributed by atoms with E-state index in [1.807, 2.05) is 0 Å². The molecule has 2 heterocycles. The van der Waals surface area contributed by atoms with Crippen molar-refractivity contribution >= 4 is 21.8 Å². The Labute approximate surface area is 257 Å². The molecule has 2 nitrogen and oxygen atoms in total. The molecule has 44 heavy (non-hydrogen) atoms. The summed E-state index contributed by atoms with van der Waals surface area (Å²) in [5.74, 6) is 0. The van der Waals surface area contributed by atoms with E-state index in [9.17, 15) is 0 Å². The zero-order chi connectivity index (χ0) is 29.4. The van der Waals surface area contributed by atoms with E-state index < -0.39 is 0 Å². The zero-order valence-electron chi connectivity index (χ0n) is 24.8. The van der Waals surface area contributed by atoms with Crippen LogP contribution in [0.4, 0.5) is 0 Å². The van der Waals surface area contributed by atoms with Crippen molar-refractivity contribution in [3.05, 3.63) is 157 Å². The molecule has 0 N–H and O–H groups in total. The van der Waals surface area contributed by atoms with Crippen molar-refractivity contribution in [3.8, 4) is 50.3 Å². The molecule has 0 spiro atoms. The molecule has 208 valence electrons.